The van der Waals surface area contributed by atoms with Crippen LogP contribution >= 0.6 is 0 Å². The van der Waals surface area contributed by atoms with Crippen molar-refractivity contribution in [3.63, 3.8) is 0 Å². The number of nitrogens with two attached hydrogens (primary N) is 1. The van der Waals surface area contributed by atoms with Gasteiger partial charge in [-0.3, -0.25) is 19.2 Å². The molecular formula is C63H86N6O20S2. The number of cyclic esters (lactones) is 2. The summed E-state index contributed by atoms with van der Waals surface area (Å²) in [6.45, 7) is 8.80. The van der Waals surface area contributed by atoms with Gasteiger partial charge in [-0.25, -0.2) is 26.4 Å². The molecule has 0 aromatic heterocycles. The Balaban J connectivity index is 0.000000261. The number of aliphatic carboxylic acids is 1. The Labute approximate surface area is 531 Å². The summed E-state index contributed by atoms with van der Waals surface area (Å²) in [7, 11) is -8.04. The monoisotopic (exact) mass is 1310 g/mol. The molecule has 0 bridgehead atoms. The molecule has 5 aliphatic heterocycles. The summed E-state index contributed by atoms with van der Waals surface area (Å²) in [6, 6.07) is 28.4. The van der Waals surface area contributed by atoms with Gasteiger partial charge in [-0.1, -0.05) is 95.8 Å². The number of rotatable bonds is 26. The standard InChI is InChI=1S/C31H41N3O10S.C27H37N3O7S.C4H4O3.CH4/c1-20(2)17-34(45(40,41)23-10-8-22(9-11-23)32-28(36)12-13-29(37)38)18-26(35)25(16-21-6-4-3-5-7-21)33-31(39)44-27-19-43-30-24(27)14-15-42-30;1-18(2)15-30(38(33,34)21-10-8-20(28)9-11-21)16-24(31)23(14-19-6-4-3-5-7-19)29-27(32)37-25-17-36-26-22(25)12-13-35-26;5-3-1-2-4(6)7-3;/h3-11,20,24-27,30,35H,12-19H2,1-2H3,(H,32,36)(H,33,39)(H,37,38);3-11,18,22-26,31H,12-17,28H2,1-2H3,(H,29,32);1-2H2;1H4/t24-,25-,26+,27-,30+;22-,23-,24+,25-,26+;;/m00../s1. The third kappa shape index (κ3) is 22.0. The smallest absolute Gasteiger partial charge is 0.407 e. The van der Waals surface area contributed by atoms with E-state index in [1.165, 1.54) is 57.1 Å². The van der Waals surface area contributed by atoms with Crippen LogP contribution in [0.2, 0.25) is 0 Å². The molecule has 5 fully saturated rings. The number of hydrogen-bond donors (Lipinski definition) is 7. The van der Waals surface area contributed by atoms with Crippen LogP contribution in [0.3, 0.4) is 0 Å². The van der Waals surface area contributed by atoms with Crippen LogP contribution in [-0.4, -0.2) is 178 Å². The maximum atomic E-state index is 13.8. The minimum absolute atomic E-state index is 0. The number of carboxylic acid groups (broad SMARTS) is 1. The van der Waals surface area contributed by atoms with Crippen LogP contribution in [0.1, 0.15) is 84.8 Å². The molecule has 0 radical (unpaired) electrons. The SMILES string of the molecule is C.CC(C)CN(C[C@@H](O)[C@H](Cc1ccccc1)NC(=O)O[C@H]1CO[C@H]2OCC[C@H]21)S(=O)(=O)c1ccc(N)cc1.CC(C)CN(C[C@@H](O)[C@H](Cc1ccccc1)NC(=O)O[C@H]1CO[C@H]2OCC[C@H]21)S(=O)(=O)c1ccc(NC(=O)CCC(=O)O)cc1.O=C1CCC(=O)O1. The van der Waals surface area contributed by atoms with Gasteiger partial charge >= 0.3 is 30.1 Å². The van der Waals surface area contributed by atoms with Crippen LogP contribution in [-0.2, 0) is 85.2 Å². The molecule has 5 heterocycles. The molecule has 0 aliphatic carbocycles. The number of nitrogens with one attached hydrogen (secondary N) is 3. The molecule has 5 saturated heterocycles. The van der Waals surface area contributed by atoms with Crippen LogP contribution in [0.25, 0.3) is 0 Å². The average molecular weight is 1310 g/mol. The summed E-state index contributed by atoms with van der Waals surface area (Å²) >= 11 is 0. The lowest BCUT2D eigenvalue weighted by atomic mass is 10.0. The lowest BCUT2D eigenvalue weighted by Gasteiger charge is -2.31. The molecule has 0 saturated carbocycles. The van der Waals surface area contributed by atoms with Crippen LogP contribution in [0, 0.1) is 23.7 Å². The first-order chi connectivity index (χ1) is 42.8. The Kier molecular flexibility index (Phi) is 27.7. The third-order valence-corrected chi connectivity index (χ3v) is 18.9. The van der Waals surface area contributed by atoms with E-state index in [9.17, 15) is 55.8 Å². The summed E-state index contributed by atoms with van der Waals surface area (Å²) in [4.78, 5) is 68.7. The highest BCUT2D eigenvalue weighted by atomic mass is 32.2. The maximum Gasteiger partial charge on any atom is 0.407 e. The molecule has 4 aromatic rings. The zero-order valence-electron chi connectivity index (χ0n) is 50.7. The number of esters is 2. The van der Waals surface area contributed by atoms with Crippen molar-refractivity contribution in [1.82, 2.24) is 19.2 Å². The predicted octanol–water partition coefficient (Wildman–Crippen LogP) is 5.46. The third-order valence-electron chi connectivity index (χ3n) is 15.2. The molecule has 10 atom stereocenters. The molecule has 0 spiro atoms. The lowest BCUT2D eigenvalue weighted by molar-refractivity contribution is -0.152. The molecule has 3 amide bonds. The number of alkyl carbamates (subject to hydrolysis) is 2. The first-order valence-electron chi connectivity index (χ1n) is 29.9. The van der Waals surface area contributed by atoms with Gasteiger partial charge < -0.3 is 70.2 Å². The van der Waals surface area contributed by atoms with Crippen molar-refractivity contribution in [2.45, 2.75) is 145 Å². The number of amides is 3. The lowest BCUT2D eigenvalue weighted by Crippen LogP contribution is -2.51. The second kappa shape index (κ2) is 34.5. The van der Waals surface area contributed by atoms with E-state index >= 15 is 0 Å². The topological polar surface area (TPSA) is 365 Å². The van der Waals surface area contributed by atoms with Gasteiger partial charge in [-0.15, -0.1) is 0 Å². The number of hydrogen-bond acceptors (Lipinski definition) is 20. The minimum Gasteiger partial charge on any atom is -0.481 e. The van der Waals surface area contributed by atoms with Gasteiger partial charge in [-0.2, -0.15) is 8.61 Å². The molecule has 5 aliphatic rings. The second-order valence-corrected chi connectivity index (χ2v) is 27.1. The van der Waals surface area contributed by atoms with E-state index < -0.39 is 98.8 Å². The van der Waals surface area contributed by atoms with Crippen LogP contribution in [0.15, 0.2) is 119 Å². The maximum absolute atomic E-state index is 13.8. The number of nitrogen functional groups attached to an aromatic ring is 1. The largest absolute Gasteiger partial charge is 0.481 e. The number of nitrogens with zero attached hydrogens (tertiary/aromatic N) is 2. The van der Waals surface area contributed by atoms with E-state index in [0.29, 0.717) is 31.0 Å². The van der Waals surface area contributed by atoms with Crippen LogP contribution < -0.4 is 21.7 Å². The van der Waals surface area contributed by atoms with Crippen molar-refractivity contribution < 1.29 is 94.1 Å². The summed E-state index contributed by atoms with van der Waals surface area (Å²) < 4.78 is 94.5. The van der Waals surface area contributed by atoms with E-state index in [0.717, 1.165) is 17.5 Å². The van der Waals surface area contributed by atoms with Gasteiger partial charge in [0.15, 0.2) is 12.6 Å². The van der Waals surface area contributed by atoms with Crippen molar-refractivity contribution >= 4 is 67.4 Å². The summed E-state index contributed by atoms with van der Waals surface area (Å²) in [6.07, 6.45) is -3.71. The number of carboxylic acids is 1. The van der Waals surface area contributed by atoms with Gasteiger partial charge in [0.05, 0.1) is 91.6 Å². The molecular weight excluding hydrogens is 1220 g/mol. The van der Waals surface area contributed by atoms with Gasteiger partial charge in [0.1, 0.15) is 12.2 Å². The number of ether oxygens (including phenoxy) is 7. The number of sulfonamides is 2. The van der Waals surface area contributed by atoms with Gasteiger partial charge in [0.2, 0.25) is 26.0 Å². The van der Waals surface area contributed by atoms with Crippen LogP contribution in [0.4, 0.5) is 21.0 Å². The van der Waals surface area contributed by atoms with E-state index in [4.69, 9.17) is 39.3 Å². The Morgan fingerprint density at radius 1 is 0.593 bits per heavy atom. The number of benzene rings is 4. The second-order valence-electron chi connectivity index (χ2n) is 23.3. The Hall–Kier alpha value is -7.12. The number of anilines is 2. The Morgan fingerprint density at radius 3 is 1.37 bits per heavy atom. The first-order valence-corrected chi connectivity index (χ1v) is 32.8. The Bertz CT molecular complexity index is 3230. The Morgan fingerprint density at radius 2 is 1.00 bits per heavy atom. The molecule has 26 nitrogen and oxygen atoms in total. The normalized spacial score (nSPS) is 21.4. The molecule has 0 unspecified atom stereocenters. The predicted molar refractivity (Wildman–Crippen MR) is 331 cm³/mol. The molecule has 28 heteroatoms. The fourth-order valence-electron chi connectivity index (χ4n) is 10.6. The molecule has 9 rings (SSSR count). The fraction of sp³-hybridized carbons (Fsp3) is 0.524. The molecule has 4 aromatic carbocycles. The van der Waals surface area contributed by atoms with Crippen molar-refractivity contribution in [3.8, 4) is 0 Å². The first kappa shape index (κ1) is 72.9. The summed E-state index contributed by atoms with van der Waals surface area (Å²) in [5.41, 5.74) is 8.21. The van der Waals surface area contributed by atoms with E-state index in [-0.39, 0.29) is 125 Å². The van der Waals surface area contributed by atoms with Crippen molar-refractivity contribution in [1.29, 1.82) is 0 Å². The fourth-order valence-corrected chi connectivity index (χ4v) is 13.8. The summed E-state index contributed by atoms with van der Waals surface area (Å²) in [5, 5.41) is 39.6. The number of aliphatic hydroxyl groups excluding tert-OH is 2. The van der Waals surface area contributed by atoms with Crippen molar-refractivity contribution in [3.05, 3.63) is 120 Å². The number of fused-ring (bicyclic) bond motifs is 2. The van der Waals surface area contributed by atoms with Crippen molar-refractivity contribution in [2.75, 3.05) is 63.7 Å². The van der Waals surface area contributed by atoms with E-state index in [1.807, 2.05) is 88.4 Å². The van der Waals surface area contributed by atoms with E-state index in [1.54, 1.807) is 0 Å². The highest BCUT2D eigenvalue weighted by Crippen LogP contribution is 2.34. The van der Waals surface area contributed by atoms with Gasteiger partial charge in [-0.05, 0) is 97.2 Å². The van der Waals surface area contributed by atoms with E-state index in [2.05, 4.69) is 20.7 Å². The average Bonchev–Trinajstić information content (AvgIpc) is 1.45. The number of carbonyl (C=O) groups is 6. The van der Waals surface area contributed by atoms with Crippen LogP contribution in [0.5, 0.6) is 0 Å². The number of aliphatic hydroxyl groups is 2. The number of carbonyl (C=O) groups excluding carboxylic acids is 5. The quantitative estimate of drug-likeness (QED) is 0.0178. The van der Waals surface area contributed by atoms with Gasteiger partial charge in [0, 0.05) is 44.0 Å². The molecule has 8 N–H and O–H groups in total. The van der Waals surface area contributed by atoms with Crippen molar-refractivity contribution in [2.24, 2.45) is 23.7 Å². The molecule has 91 heavy (non-hydrogen) atoms. The summed E-state index contributed by atoms with van der Waals surface area (Å²) in [5.74, 6) is -2.58. The van der Waals surface area contributed by atoms with Gasteiger partial charge in [0.25, 0.3) is 0 Å². The minimum atomic E-state index is -4.11. The highest BCUT2D eigenvalue weighted by molar-refractivity contribution is 7.89. The highest BCUT2D eigenvalue weighted by Gasteiger charge is 2.46. The zero-order chi connectivity index (χ0) is 65.1. The molecule has 500 valence electrons. The zero-order valence-corrected chi connectivity index (χ0v) is 52.3.